The van der Waals surface area contributed by atoms with Crippen molar-refractivity contribution in [3.63, 3.8) is 0 Å². The van der Waals surface area contributed by atoms with E-state index in [1.54, 1.807) is 0 Å². The lowest BCUT2D eigenvalue weighted by atomic mass is 9.45. The second kappa shape index (κ2) is 7.99. The molecule has 0 bridgehead atoms. The minimum Gasteiger partial charge on any atom is -0.392 e. The van der Waals surface area contributed by atoms with Crippen LogP contribution in [0.15, 0.2) is 23.8 Å². The zero-order chi connectivity index (χ0) is 22.8. The van der Waals surface area contributed by atoms with E-state index >= 15 is 0 Å². The molecule has 3 heteroatoms. The average molecular weight is 431 g/mol. The molecule has 3 N–H and O–H groups in total. The summed E-state index contributed by atoms with van der Waals surface area (Å²) in [4.78, 5) is 0. The van der Waals surface area contributed by atoms with E-state index in [0.717, 1.165) is 18.4 Å². The summed E-state index contributed by atoms with van der Waals surface area (Å²) >= 11 is 0. The summed E-state index contributed by atoms with van der Waals surface area (Å²) in [5.74, 6) is 2.98. The van der Waals surface area contributed by atoms with Gasteiger partial charge in [0.1, 0.15) is 0 Å². The minimum atomic E-state index is -0.878. The van der Waals surface area contributed by atoms with Gasteiger partial charge in [-0.3, -0.25) is 0 Å². The Balaban J connectivity index is 1.61. The highest BCUT2D eigenvalue weighted by molar-refractivity contribution is 5.31. The van der Waals surface area contributed by atoms with E-state index in [2.05, 4.69) is 46.8 Å². The predicted molar refractivity (Wildman–Crippen MR) is 126 cm³/mol. The number of fused-ring (bicyclic) bond motifs is 5. The van der Waals surface area contributed by atoms with Crippen molar-refractivity contribution >= 4 is 0 Å². The highest BCUT2D eigenvalue weighted by Gasteiger charge is 2.63. The van der Waals surface area contributed by atoms with Gasteiger partial charge in [-0.05, 0) is 86.4 Å². The van der Waals surface area contributed by atoms with Gasteiger partial charge in [0.05, 0.1) is 17.8 Å². The second-order valence-corrected chi connectivity index (χ2v) is 12.8. The van der Waals surface area contributed by atoms with Gasteiger partial charge in [0.25, 0.3) is 0 Å². The van der Waals surface area contributed by atoms with E-state index in [4.69, 9.17) is 0 Å². The number of aliphatic hydroxyl groups excluding tert-OH is 2. The van der Waals surface area contributed by atoms with E-state index in [1.165, 1.54) is 19.3 Å². The number of rotatable bonds is 4. The van der Waals surface area contributed by atoms with Crippen LogP contribution in [-0.4, -0.2) is 33.1 Å². The summed E-state index contributed by atoms with van der Waals surface area (Å²) in [5.41, 5.74) is 0.162. The van der Waals surface area contributed by atoms with Gasteiger partial charge < -0.3 is 15.3 Å². The number of allylic oxidation sites excluding steroid dienone is 2. The monoisotopic (exact) mass is 430 g/mol. The van der Waals surface area contributed by atoms with E-state index in [9.17, 15) is 15.3 Å². The average Bonchev–Trinajstić information content (AvgIpc) is 3.00. The maximum Gasteiger partial charge on any atom is 0.0757 e. The standard InChI is InChI=1S/C28H46O3/c1-17(2)8-7-9-18(3)20-10-11-21-25-22(12-13-27(20,21)5)28(6)19(14-23(25)29)15-26(4,31)16-24(28)30/h7,9,14,17-18,20-25,29-31H,8,10-13,15-16H2,1-6H3/t18-,20-,21+,22+,23-,24+,25+,26-,27-,28+/m1/s1. The fraction of sp³-hybridized carbons (Fsp3) is 0.857. The Hall–Kier alpha value is -0.640. The van der Waals surface area contributed by atoms with Crippen molar-refractivity contribution in [2.24, 2.45) is 46.3 Å². The Morgan fingerprint density at radius 2 is 1.77 bits per heavy atom. The maximum atomic E-state index is 11.3. The number of hydrogen-bond donors (Lipinski definition) is 3. The third-order valence-corrected chi connectivity index (χ3v) is 10.2. The first-order chi connectivity index (χ1) is 14.4. The third-order valence-electron chi connectivity index (χ3n) is 10.2. The lowest BCUT2D eigenvalue weighted by molar-refractivity contribution is -0.146. The smallest absolute Gasteiger partial charge is 0.0757 e. The fourth-order valence-electron chi connectivity index (χ4n) is 8.53. The molecule has 3 fully saturated rings. The Bertz CT molecular complexity index is 737. The zero-order valence-corrected chi connectivity index (χ0v) is 20.6. The van der Waals surface area contributed by atoms with Crippen molar-refractivity contribution in [1.29, 1.82) is 0 Å². The minimum absolute atomic E-state index is 0.224. The Kier molecular flexibility index (Phi) is 6.06. The summed E-state index contributed by atoms with van der Waals surface area (Å²) < 4.78 is 0. The first-order valence-corrected chi connectivity index (χ1v) is 12.9. The van der Waals surface area contributed by atoms with Crippen LogP contribution in [0.25, 0.3) is 0 Å². The molecule has 0 aromatic heterocycles. The normalized spacial score (nSPS) is 50.7. The summed E-state index contributed by atoms with van der Waals surface area (Å²) in [5, 5.41) is 33.3. The molecule has 176 valence electrons. The lowest BCUT2D eigenvalue weighted by Gasteiger charge is -2.61. The van der Waals surface area contributed by atoms with Crippen LogP contribution < -0.4 is 0 Å². The van der Waals surface area contributed by atoms with Crippen molar-refractivity contribution in [2.45, 2.75) is 104 Å². The van der Waals surface area contributed by atoms with Gasteiger partial charge in [-0.25, -0.2) is 0 Å². The topological polar surface area (TPSA) is 60.7 Å². The summed E-state index contributed by atoms with van der Waals surface area (Å²) in [6, 6.07) is 0. The van der Waals surface area contributed by atoms with Crippen molar-refractivity contribution < 1.29 is 15.3 Å². The van der Waals surface area contributed by atoms with Gasteiger partial charge in [0.15, 0.2) is 0 Å². The largest absolute Gasteiger partial charge is 0.392 e. The highest BCUT2D eigenvalue weighted by Crippen LogP contribution is 2.67. The lowest BCUT2D eigenvalue weighted by Crippen LogP contribution is -2.60. The molecule has 0 saturated heterocycles. The molecule has 31 heavy (non-hydrogen) atoms. The molecular formula is C28H46O3. The van der Waals surface area contributed by atoms with E-state index < -0.39 is 17.8 Å². The van der Waals surface area contributed by atoms with Crippen LogP contribution in [-0.2, 0) is 0 Å². The molecule has 0 spiro atoms. The Morgan fingerprint density at radius 1 is 1.06 bits per heavy atom. The molecular weight excluding hydrogens is 384 g/mol. The quantitative estimate of drug-likeness (QED) is 0.516. The van der Waals surface area contributed by atoms with Crippen molar-refractivity contribution in [3.8, 4) is 0 Å². The van der Waals surface area contributed by atoms with Crippen LogP contribution in [0.2, 0.25) is 0 Å². The van der Waals surface area contributed by atoms with Crippen LogP contribution in [0.4, 0.5) is 0 Å². The van der Waals surface area contributed by atoms with Crippen molar-refractivity contribution in [1.82, 2.24) is 0 Å². The molecule has 10 atom stereocenters. The van der Waals surface area contributed by atoms with Gasteiger partial charge in [-0.2, -0.15) is 0 Å². The summed E-state index contributed by atoms with van der Waals surface area (Å²) in [7, 11) is 0. The molecule has 0 aromatic carbocycles. The Labute approximate surface area is 190 Å². The molecule has 4 aliphatic rings. The number of aliphatic hydroxyl groups is 3. The van der Waals surface area contributed by atoms with Crippen LogP contribution in [0.1, 0.15) is 86.5 Å². The van der Waals surface area contributed by atoms with Crippen LogP contribution in [0, 0.1) is 46.3 Å². The SMILES string of the molecule is CC(C)CC=C[C@@H](C)[C@H]1CC[C@H]2[C@@H]3[C@H](O)C=C4C[C@@](C)(O)C[C@H](O)[C@]4(C)[C@H]3CC[C@]12C. The molecule has 3 saturated carbocycles. The van der Waals surface area contributed by atoms with Crippen LogP contribution in [0.5, 0.6) is 0 Å². The summed E-state index contributed by atoms with van der Waals surface area (Å²) in [6.45, 7) is 13.5. The van der Waals surface area contributed by atoms with Crippen LogP contribution in [0.3, 0.4) is 0 Å². The van der Waals surface area contributed by atoms with Crippen molar-refractivity contribution in [3.05, 3.63) is 23.8 Å². The summed E-state index contributed by atoms with van der Waals surface area (Å²) in [6.07, 6.45) is 12.7. The number of hydrogen-bond acceptors (Lipinski definition) is 3. The molecule has 4 rings (SSSR count). The molecule has 0 unspecified atom stereocenters. The highest BCUT2D eigenvalue weighted by atomic mass is 16.3. The van der Waals surface area contributed by atoms with Crippen molar-refractivity contribution in [2.75, 3.05) is 0 Å². The third kappa shape index (κ3) is 3.77. The van der Waals surface area contributed by atoms with Gasteiger partial charge in [0.2, 0.25) is 0 Å². The van der Waals surface area contributed by atoms with E-state index in [1.807, 2.05) is 13.0 Å². The second-order valence-electron chi connectivity index (χ2n) is 12.8. The van der Waals surface area contributed by atoms with Gasteiger partial charge in [0, 0.05) is 11.8 Å². The molecule has 0 aliphatic heterocycles. The maximum absolute atomic E-state index is 11.3. The zero-order valence-electron chi connectivity index (χ0n) is 20.6. The van der Waals surface area contributed by atoms with Gasteiger partial charge in [-0.15, -0.1) is 0 Å². The van der Waals surface area contributed by atoms with Crippen LogP contribution >= 0.6 is 0 Å². The molecule has 4 aliphatic carbocycles. The molecule has 0 aromatic rings. The first-order valence-electron chi connectivity index (χ1n) is 12.9. The fourth-order valence-corrected chi connectivity index (χ4v) is 8.53. The predicted octanol–water partition coefficient (Wildman–Crippen LogP) is 5.50. The molecule has 0 heterocycles. The van der Waals surface area contributed by atoms with Gasteiger partial charge in [-0.1, -0.05) is 58.4 Å². The first kappa shape index (κ1) is 23.5. The molecule has 0 amide bonds. The van der Waals surface area contributed by atoms with E-state index in [-0.39, 0.29) is 16.7 Å². The molecule has 3 nitrogen and oxygen atoms in total. The van der Waals surface area contributed by atoms with E-state index in [0.29, 0.717) is 42.4 Å². The Morgan fingerprint density at radius 3 is 2.45 bits per heavy atom. The van der Waals surface area contributed by atoms with Gasteiger partial charge >= 0.3 is 0 Å². The molecule has 0 radical (unpaired) electrons.